The topological polar surface area (TPSA) is 42.7 Å². The van der Waals surface area contributed by atoms with E-state index in [4.69, 9.17) is 9.15 Å². The standard InChI is InChI=1S/C28H35I2NO3/c1-5-8-15-31(7-3)19(4)14-16-33-28-22(29)17-20(18-23(28)30)27(32)26-21-12-9-10-13-24(21)34-25(26)11-6-2/h9-10,12-13,17-19H,5-8,11,14-16H2,1-4H3. The third kappa shape index (κ3) is 6.55. The fourth-order valence-corrected chi connectivity index (χ4v) is 6.37. The lowest BCUT2D eigenvalue weighted by Crippen LogP contribution is -2.34. The summed E-state index contributed by atoms with van der Waals surface area (Å²) < 4.78 is 14.2. The molecule has 1 unspecified atom stereocenters. The maximum absolute atomic E-state index is 13.6. The predicted octanol–water partition coefficient (Wildman–Crippen LogP) is 8.10. The Balaban J connectivity index is 1.77. The number of unbranched alkanes of at least 4 members (excludes halogenated alkanes) is 1. The lowest BCUT2D eigenvalue weighted by Gasteiger charge is -2.27. The first-order chi connectivity index (χ1) is 16.4. The number of halogens is 2. The van der Waals surface area contributed by atoms with E-state index in [1.165, 1.54) is 12.8 Å². The Morgan fingerprint density at radius 1 is 1.09 bits per heavy atom. The summed E-state index contributed by atoms with van der Waals surface area (Å²) in [7, 11) is 0. The van der Waals surface area contributed by atoms with Crippen molar-refractivity contribution in [1.29, 1.82) is 0 Å². The quantitative estimate of drug-likeness (QED) is 0.135. The van der Waals surface area contributed by atoms with E-state index in [0.29, 0.717) is 23.8 Å². The number of hydrogen-bond acceptors (Lipinski definition) is 4. The van der Waals surface area contributed by atoms with Crippen molar-refractivity contribution in [3.63, 3.8) is 0 Å². The third-order valence-corrected chi connectivity index (χ3v) is 7.85. The van der Waals surface area contributed by atoms with E-state index in [-0.39, 0.29) is 5.78 Å². The van der Waals surface area contributed by atoms with E-state index in [1.807, 2.05) is 36.4 Å². The van der Waals surface area contributed by atoms with Gasteiger partial charge in [0.25, 0.3) is 0 Å². The molecule has 0 N–H and O–H groups in total. The van der Waals surface area contributed by atoms with Gasteiger partial charge in [0.1, 0.15) is 17.1 Å². The number of hydrogen-bond donors (Lipinski definition) is 0. The number of benzene rings is 2. The zero-order valence-electron chi connectivity index (χ0n) is 20.6. The maximum Gasteiger partial charge on any atom is 0.197 e. The Hall–Kier alpha value is -1.13. The molecule has 34 heavy (non-hydrogen) atoms. The Kier molecular flexibility index (Phi) is 10.7. The molecule has 0 amide bonds. The Labute approximate surface area is 231 Å². The van der Waals surface area contributed by atoms with E-state index in [2.05, 4.69) is 77.8 Å². The van der Waals surface area contributed by atoms with Crippen LogP contribution < -0.4 is 4.74 Å². The molecular formula is C28H35I2NO3. The predicted molar refractivity (Wildman–Crippen MR) is 157 cm³/mol. The van der Waals surface area contributed by atoms with Crippen molar-refractivity contribution in [2.75, 3.05) is 19.7 Å². The highest BCUT2D eigenvalue weighted by Crippen LogP contribution is 2.33. The highest BCUT2D eigenvalue weighted by molar-refractivity contribution is 14.1. The second kappa shape index (κ2) is 13.3. The Morgan fingerprint density at radius 2 is 1.79 bits per heavy atom. The van der Waals surface area contributed by atoms with Crippen LogP contribution in [0.15, 0.2) is 40.8 Å². The number of nitrogens with zero attached hydrogens (tertiary/aromatic N) is 1. The Bertz CT molecular complexity index is 1090. The highest BCUT2D eigenvalue weighted by Gasteiger charge is 2.23. The Morgan fingerprint density at radius 3 is 2.44 bits per heavy atom. The molecule has 0 aliphatic heterocycles. The smallest absolute Gasteiger partial charge is 0.197 e. The molecule has 0 bridgehead atoms. The van der Waals surface area contributed by atoms with Crippen molar-refractivity contribution in [3.05, 3.63) is 60.4 Å². The van der Waals surface area contributed by atoms with Crippen LogP contribution in [0.2, 0.25) is 0 Å². The van der Waals surface area contributed by atoms with Gasteiger partial charge in [-0.2, -0.15) is 0 Å². The highest BCUT2D eigenvalue weighted by atomic mass is 127. The average molecular weight is 687 g/mol. The summed E-state index contributed by atoms with van der Waals surface area (Å²) in [6.07, 6.45) is 5.10. The molecule has 0 radical (unpaired) electrons. The van der Waals surface area contributed by atoms with Crippen molar-refractivity contribution >= 4 is 61.9 Å². The SMILES string of the molecule is CCCCN(CC)C(C)CCOc1c(I)cc(C(=O)c2c(CCC)oc3ccccc23)cc1I. The molecule has 1 aromatic heterocycles. The van der Waals surface area contributed by atoms with Crippen molar-refractivity contribution in [2.24, 2.45) is 0 Å². The molecular weight excluding hydrogens is 652 g/mol. The monoisotopic (exact) mass is 687 g/mol. The van der Waals surface area contributed by atoms with Gasteiger partial charge in [-0.05, 0) is 103 Å². The minimum Gasteiger partial charge on any atom is -0.491 e. The summed E-state index contributed by atoms with van der Waals surface area (Å²) in [5.41, 5.74) is 2.14. The summed E-state index contributed by atoms with van der Waals surface area (Å²) in [4.78, 5) is 16.1. The molecule has 6 heteroatoms. The lowest BCUT2D eigenvalue weighted by molar-refractivity contribution is 0.103. The van der Waals surface area contributed by atoms with Crippen LogP contribution >= 0.6 is 45.2 Å². The van der Waals surface area contributed by atoms with Crippen LogP contribution in [0.3, 0.4) is 0 Å². The fraction of sp³-hybridized carbons (Fsp3) is 0.464. The zero-order chi connectivity index (χ0) is 24.7. The molecule has 0 saturated heterocycles. The third-order valence-electron chi connectivity index (χ3n) is 6.24. The first-order valence-corrected chi connectivity index (χ1v) is 14.5. The molecule has 0 spiro atoms. The molecule has 1 atom stereocenters. The minimum absolute atomic E-state index is 0.0129. The number of furan rings is 1. The minimum atomic E-state index is 0.0129. The van der Waals surface area contributed by atoms with E-state index < -0.39 is 0 Å². The molecule has 1 heterocycles. The van der Waals surface area contributed by atoms with Crippen LogP contribution in [0.4, 0.5) is 0 Å². The van der Waals surface area contributed by atoms with Crippen LogP contribution in [0, 0.1) is 7.14 Å². The second-order valence-corrected chi connectivity index (χ2v) is 11.0. The fourth-order valence-electron chi connectivity index (χ4n) is 4.29. The summed E-state index contributed by atoms with van der Waals surface area (Å²) >= 11 is 4.57. The van der Waals surface area contributed by atoms with Crippen LogP contribution in [-0.2, 0) is 6.42 Å². The summed E-state index contributed by atoms with van der Waals surface area (Å²) in [6.45, 7) is 11.7. The summed E-state index contributed by atoms with van der Waals surface area (Å²) in [5, 5.41) is 0.888. The molecule has 0 fully saturated rings. The van der Waals surface area contributed by atoms with Gasteiger partial charge in [-0.25, -0.2) is 0 Å². The van der Waals surface area contributed by atoms with Gasteiger partial charge >= 0.3 is 0 Å². The van der Waals surface area contributed by atoms with Gasteiger partial charge in [0.2, 0.25) is 0 Å². The number of para-hydroxylation sites is 1. The number of ketones is 1. The van der Waals surface area contributed by atoms with Crippen LogP contribution in [-0.4, -0.2) is 36.4 Å². The van der Waals surface area contributed by atoms with Gasteiger partial charge in [0, 0.05) is 23.4 Å². The molecule has 184 valence electrons. The normalized spacial score (nSPS) is 12.4. The average Bonchev–Trinajstić information content (AvgIpc) is 3.18. The van der Waals surface area contributed by atoms with E-state index in [0.717, 1.165) is 62.0 Å². The van der Waals surface area contributed by atoms with E-state index in [1.54, 1.807) is 0 Å². The van der Waals surface area contributed by atoms with E-state index >= 15 is 0 Å². The molecule has 2 aromatic carbocycles. The van der Waals surface area contributed by atoms with Gasteiger partial charge in [0.05, 0.1) is 19.3 Å². The van der Waals surface area contributed by atoms with Crippen molar-refractivity contribution in [3.8, 4) is 5.75 Å². The van der Waals surface area contributed by atoms with Crippen molar-refractivity contribution in [2.45, 2.75) is 65.8 Å². The number of carbonyl (C=O) groups excluding carboxylic acids is 1. The van der Waals surface area contributed by atoms with Gasteiger partial charge in [-0.3, -0.25) is 4.79 Å². The molecule has 4 nitrogen and oxygen atoms in total. The van der Waals surface area contributed by atoms with E-state index in [9.17, 15) is 4.79 Å². The number of carbonyl (C=O) groups is 1. The largest absolute Gasteiger partial charge is 0.491 e. The van der Waals surface area contributed by atoms with Crippen molar-refractivity contribution in [1.82, 2.24) is 4.90 Å². The lowest BCUT2D eigenvalue weighted by atomic mass is 9.98. The van der Waals surface area contributed by atoms with Gasteiger partial charge < -0.3 is 14.1 Å². The number of fused-ring (bicyclic) bond motifs is 1. The summed E-state index contributed by atoms with van der Waals surface area (Å²) in [5.74, 6) is 1.66. The molecule has 0 aliphatic rings. The first-order valence-electron chi connectivity index (χ1n) is 12.3. The maximum atomic E-state index is 13.6. The van der Waals surface area contributed by atoms with Gasteiger partial charge in [-0.1, -0.05) is 45.4 Å². The number of aryl methyl sites for hydroxylation is 1. The van der Waals surface area contributed by atoms with Gasteiger partial charge in [0.15, 0.2) is 5.78 Å². The van der Waals surface area contributed by atoms with Crippen LogP contribution in [0.5, 0.6) is 5.75 Å². The molecule has 3 aromatic rings. The van der Waals surface area contributed by atoms with Crippen LogP contribution in [0.1, 0.15) is 75.1 Å². The number of rotatable bonds is 13. The molecule has 0 aliphatic carbocycles. The summed E-state index contributed by atoms with van der Waals surface area (Å²) in [6, 6.07) is 12.2. The zero-order valence-corrected chi connectivity index (χ0v) is 24.9. The first kappa shape index (κ1) is 27.5. The second-order valence-electron chi connectivity index (χ2n) is 8.71. The molecule has 0 saturated carbocycles. The van der Waals surface area contributed by atoms with Crippen LogP contribution in [0.25, 0.3) is 11.0 Å². The number of ether oxygens (including phenoxy) is 1. The van der Waals surface area contributed by atoms with Crippen molar-refractivity contribution < 1.29 is 13.9 Å². The molecule has 3 rings (SSSR count). The van der Waals surface area contributed by atoms with Gasteiger partial charge in [-0.15, -0.1) is 0 Å².